The van der Waals surface area contributed by atoms with Crippen molar-refractivity contribution in [1.29, 1.82) is 0 Å². The molecule has 1 unspecified atom stereocenters. The third kappa shape index (κ3) is 4.12. The summed E-state index contributed by atoms with van der Waals surface area (Å²) in [4.78, 5) is 16.6. The topological polar surface area (TPSA) is 89.5 Å². The Morgan fingerprint density at radius 1 is 1.21 bits per heavy atom. The zero-order chi connectivity index (χ0) is 21.1. The highest BCUT2D eigenvalue weighted by molar-refractivity contribution is 7.85. The Morgan fingerprint density at radius 3 is 2.62 bits per heavy atom. The number of halogens is 1. The molecule has 3 N–H and O–H groups in total. The van der Waals surface area contributed by atoms with Gasteiger partial charge in [0.25, 0.3) is 5.56 Å². The number of aryl methyl sites for hydroxylation is 1. The Labute approximate surface area is 170 Å². The Morgan fingerprint density at radius 2 is 1.97 bits per heavy atom. The molecule has 150 valence electrons. The lowest BCUT2D eigenvalue weighted by molar-refractivity contribution is 0.631. The van der Waals surface area contributed by atoms with Crippen LogP contribution in [0.15, 0.2) is 58.6 Å². The van der Waals surface area contributed by atoms with Crippen LogP contribution in [-0.2, 0) is 18.0 Å². The van der Waals surface area contributed by atoms with E-state index in [1.807, 2.05) is 0 Å². The minimum atomic E-state index is -1.30. The minimum absolute atomic E-state index is 0.193. The standard InChI is InChI=1S/C21H21FN4O2S/c1-24-11-14(10-23)13-4-6-16-17(8-13)19(12-26(2)21(16)27)18-9-15(25-29(3)28)5-7-20(18)22/h4-12,25H,23H2,1-3H3. The van der Waals surface area contributed by atoms with E-state index in [4.69, 9.17) is 5.73 Å². The molecule has 0 aliphatic carbocycles. The maximum absolute atomic E-state index is 14.8. The zero-order valence-corrected chi connectivity index (χ0v) is 17.1. The van der Waals surface area contributed by atoms with Crippen LogP contribution >= 0.6 is 0 Å². The third-order valence-electron chi connectivity index (χ3n) is 4.48. The normalized spacial score (nSPS) is 13.2. The van der Waals surface area contributed by atoms with Gasteiger partial charge in [-0.1, -0.05) is 6.07 Å². The van der Waals surface area contributed by atoms with Crippen LogP contribution in [0.1, 0.15) is 5.56 Å². The second-order valence-electron chi connectivity index (χ2n) is 6.48. The lowest BCUT2D eigenvalue weighted by atomic mass is 9.96. The molecule has 0 saturated heterocycles. The highest BCUT2D eigenvalue weighted by Gasteiger charge is 2.15. The monoisotopic (exact) mass is 412 g/mol. The number of fused-ring (bicyclic) bond motifs is 1. The summed E-state index contributed by atoms with van der Waals surface area (Å²) < 4.78 is 30.4. The molecule has 0 amide bonds. The van der Waals surface area contributed by atoms with Crippen LogP contribution in [0.3, 0.4) is 0 Å². The molecule has 29 heavy (non-hydrogen) atoms. The summed E-state index contributed by atoms with van der Waals surface area (Å²) in [7, 11) is 1.96. The van der Waals surface area contributed by atoms with Gasteiger partial charge in [0.15, 0.2) is 0 Å². The first-order valence-electron chi connectivity index (χ1n) is 8.73. The lowest BCUT2D eigenvalue weighted by Crippen LogP contribution is -2.17. The molecule has 0 bridgehead atoms. The van der Waals surface area contributed by atoms with E-state index >= 15 is 0 Å². The van der Waals surface area contributed by atoms with Gasteiger partial charge in [0.2, 0.25) is 0 Å². The number of anilines is 1. The van der Waals surface area contributed by atoms with E-state index in [0.29, 0.717) is 33.2 Å². The summed E-state index contributed by atoms with van der Waals surface area (Å²) in [6.07, 6.45) is 6.13. The van der Waals surface area contributed by atoms with E-state index in [9.17, 15) is 13.4 Å². The van der Waals surface area contributed by atoms with Crippen LogP contribution in [0.5, 0.6) is 0 Å². The summed E-state index contributed by atoms with van der Waals surface area (Å²) >= 11 is 0. The highest BCUT2D eigenvalue weighted by Crippen LogP contribution is 2.32. The van der Waals surface area contributed by atoms with Gasteiger partial charge in [-0.25, -0.2) is 8.60 Å². The quantitative estimate of drug-likeness (QED) is 0.631. The largest absolute Gasteiger partial charge is 0.404 e. The van der Waals surface area contributed by atoms with Crippen LogP contribution in [0, 0.1) is 5.82 Å². The molecule has 6 nitrogen and oxygen atoms in total. The number of nitrogens with two attached hydrogens (primary N) is 1. The molecule has 0 radical (unpaired) electrons. The van der Waals surface area contributed by atoms with E-state index in [1.54, 1.807) is 50.8 Å². The second-order valence-corrected chi connectivity index (χ2v) is 7.59. The highest BCUT2D eigenvalue weighted by atomic mass is 32.2. The van der Waals surface area contributed by atoms with E-state index < -0.39 is 16.8 Å². The maximum atomic E-state index is 14.8. The maximum Gasteiger partial charge on any atom is 0.258 e. The summed E-state index contributed by atoms with van der Waals surface area (Å²) in [5.41, 5.74) is 8.30. The Hall–Kier alpha value is -3.26. The van der Waals surface area contributed by atoms with Crippen molar-refractivity contribution in [1.82, 2.24) is 4.57 Å². The molecule has 3 aromatic rings. The van der Waals surface area contributed by atoms with Crippen molar-refractivity contribution in [3.63, 3.8) is 0 Å². The molecule has 0 fully saturated rings. The van der Waals surface area contributed by atoms with Gasteiger partial charge >= 0.3 is 0 Å². The van der Waals surface area contributed by atoms with E-state index in [0.717, 1.165) is 5.56 Å². The van der Waals surface area contributed by atoms with Crippen molar-refractivity contribution in [3.8, 4) is 11.1 Å². The van der Waals surface area contributed by atoms with Crippen LogP contribution in [0.2, 0.25) is 0 Å². The molecule has 0 aliphatic rings. The average Bonchev–Trinajstić information content (AvgIpc) is 2.69. The van der Waals surface area contributed by atoms with Crippen molar-refractivity contribution in [2.75, 3.05) is 18.0 Å². The number of nitrogens with zero attached hydrogens (tertiary/aromatic N) is 2. The number of pyridine rings is 1. The molecular formula is C21H21FN4O2S. The first-order chi connectivity index (χ1) is 13.8. The first kappa shape index (κ1) is 20.5. The van der Waals surface area contributed by atoms with Crippen LogP contribution in [0.25, 0.3) is 27.5 Å². The van der Waals surface area contributed by atoms with Gasteiger partial charge in [0, 0.05) is 66.7 Å². The van der Waals surface area contributed by atoms with Gasteiger partial charge in [-0.05, 0) is 41.3 Å². The third-order valence-corrected chi connectivity index (χ3v) is 5.01. The number of nitrogens with one attached hydrogen (secondary N) is 1. The summed E-state index contributed by atoms with van der Waals surface area (Å²) in [6, 6.07) is 9.68. The first-order valence-corrected chi connectivity index (χ1v) is 10.3. The molecule has 1 heterocycles. The molecule has 0 saturated carbocycles. The van der Waals surface area contributed by atoms with Crippen LogP contribution < -0.4 is 16.0 Å². The number of rotatable bonds is 5. The predicted octanol–water partition coefficient (Wildman–Crippen LogP) is 3.05. The molecular weight excluding hydrogens is 391 g/mol. The number of allylic oxidation sites excluding steroid dienone is 1. The molecule has 0 spiro atoms. The smallest absolute Gasteiger partial charge is 0.258 e. The van der Waals surface area contributed by atoms with Crippen molar-refractivity contribution in [2.24, 2.45) is 17.8 Å². The average molecular weight is 412 g/mol. The SMILES string of the molecule is CN=CC(=CN)c1ccc2c(=O)n(C)cc(-c3cc(NS(C)=O)ccc3F)c2c1. The van der Waals surface area contributed by atoms with E-state index in [2.05, 4.69) is 9.71 Å². The zero-order valence-electron chi connectivity index (χ0n) is 16.3. The second kappa shape index (κ2) is 8.40. The van der Waals surface area contributed by atoms with Crippen molar-refractivity contribution >= 4 is 39.2 Å². The van der Waals surface area contributed by atoms with Gasteiger partial charge < -0.3 is 15.0 Å². The number of hydrogen-bond acceptors (Lipinski definition) is 4. The van der Waals surface area contributed by atoms with Gasteiger partial charge in [0.1, 0.15) is 16.8 Å². The van der Waals surface area contributed by atoms with Gasteiger partial charge in [-0.2, -0.15) is 0 Å². The van der Waals surface area contributed by atoms with Gasteiger partial charge in [0.05, 0.1) is 0 Å². The number of hydrogen-bond donors (Lipinski definition) is 2. The van der Waals surface area contributed by atoms with Gasteiger partial charge in [-0.15, -0.1) is 0 Å². The predicted molar refractivity (Wildman–Crippen MR) is 119 cm³/mol. The fourth-order valence-corrected chi connectivity index (χ4v) is 3.63. The molecule has 1 atom stereocenters. The Bertz CT molecular complexity index is 1230. The number of aromatic nitrogens is 1. The van der Waals surface area contributed by atoms with Gasteiger partial charge in [-0.3, -0.25) is 9.79 Å². The number of aliphatic imine (C=N–C) groups is 1. The molecule has 0 aliphatic heterocycles. The van der Waals surface area contributed by atoms with E-state index in [1.165, 1.54) is 29.2 Å². The Kier molecular flexibility index (Phi) is 5.93. The Balaban J connectivity index is 2.34. The van der Waals surface area contributed by atoms with E-state index in [-0.39, 0.29) is 5.56 Å². The summed E-state index contributed by atoms with van der Waals surface area (Å²) in [6.45, 7) is 0. The van der Waals surface area contributed by atoms with Crippen molar-refractivity contribution in [3.05, 3.63) is 70.5 Å². The molecule has 3 rings (SSSR count). The van der Waals surface area contributed by atoms with Crippen molar-refractivity contribution < 1.29 is 8.60 Å². The minimum Gasteiger partial charge on any atom is -0.404 e. The van der Waals surface area contributed by atoms with Crippen LogP contribution in [0.4, 0.5) is 10.1 Å². The molecule has 8 heteroatoms. The van der Waals surface area contributed by atoms with Crippen LogP contribution in [-0.4, -0.2) is 28.3 Å². The lowest BCUT2D eigenvalue weighted by Gasteiger charge is -2.13. The summed E-state index contributed by atoms with van der Waals surface area (Å²) in [5, 5.41) is 1.04. The number of benzene rings is 2. The molecule has 1 aromatic heterocycles. The summed E-state index contributed by atoms with van der Waals surface area (Å²) in [5.74, 6) is -0.451. The fourth-order valence-electron chi connectivity index (χ4n) is 3.17. The van der Waals surface area contributed by atoms with Crippen molar-refractivity contribution in [2.45, 2.75) is 0 Å². The molecule has 2 aromatic carbocycles. The fraction of sp³-hybridized carbons (Fsp3) is 0.143.